The molecule has 1 amide bonds. The molecule has 0 aliphatic carbocycles. The van der Waals surface area contributed by atoms with Crippen LogP contribution in [0.1, 0.15) is 24.6 Å². The lowest BCUT2D eigenvalue weighted by Gasteiger charge is -2.20. The molecule has 2 rings (SSSR count). The van der Waals surface area contributed by atoms with Gasteiger partial charge in [0.2, 0.25) is 5.91 Å². The smallest absolute Gasteiger partial charge is 0.253 e. The van der Waals surface area contributed by atoms with E-state index in [9.17, 15) is 13.2 Å². The third-order valence-corrected chi connectivity index (χ3v) is 6.69. The van der Waals surface area contributed by atoms with Crippen LogP contribution >= 0.6 is 11.3 Å². The molecule has 5 nitrogen and oxygen atoms in total. The van der Waals surface area contributed by atoms with Crippen molar-refractivity contribution in [2.75, 3.05) is 6.54 Å². The van der Waals surface area contributed by atoms with E-state index in [4.69, 9.17) is 5.73 Å². The first-order valence-corrected chi connectivity index (χ1v) is 8.12. The fourth-order valence-corrected chi connectivity index (χ4v) is 5.20. The number of rotatable bonds is 4. The average Bonchev–Trinajstić information content (AvgIpc) is 2.98. The Morgan fingerprint density at radius 2 is 2.28 bits per heavy atom. The number of amides is 1. The average molecular weight is 288 g/mol. The molecule has 100 valence electrons. The zero-order valence-corrected chi connectivity index (χ0v) is 11.8. The Kier molecular flexibility index (Phi) is 3.74. The Labute approximate surface area is 111 Å². The van der Waals surface area contributed by atoms with Gasteiger partial charge in [-0.15, -0.1) is 11.3 Å². The first kappa shape index (κ1) is 13.5. The van der Waals surface area contributed by atoms with E-state index in [-0.39, 0.29) is 0 Å². The number of aryl methyl sites for hydroxylation is 1. The van der Waals surface area contributed by atoms with Crippen molar-refractivity contribution in [3.8, 4) is 0 Å². The predicted octanol–water partition coefficient (Wildman–Crippen LogP) is 0.949. The van der Waals surface area contributed by atoms with Crippen molar-refractivity contribution < 1.29 is 13.2 Å². The molecule has 7 heteroatoms. The summed E-state index contributed by atoms with van der Waals surface area (Å²) in [5, 5.41) is 0. The predicted molar refractivity (Wildman–Crippen MR) is 69.8 cm³/mol. The van der Waals surface area contributed by atoms with E-state index >= 15 is 0 Å². The van der Waals surface area contributed by atoms with Gasteiger partial charge in [-0.1, -0.05) is 6.92 Å². The maximum absolute atomic E-state index is 12.4. The molecule has 2 heterocycles. The molecule has 0 saturated carbocycles. The molecular formula is C11H16N2O3S2. The lowest BCUT2D eigenvalue weighted by Crippen LogP contribution is -2.43. The summed E-state index contributed by atoms with van der Waals surface area (Å²) in [6.07, 6.45) is 2.00. The van der Waals surface area contributed by atoms with Crippen LogP contribution in [-0.2, 0) is 21.2 Å². The molecule has 18 heavy (non-hydrogen) atoms. The van der Waals surface area contributed by atoms with Crippen molar-refractivity contribution in [3.05, 3.63) is 17.0 Å². The van der Waals surface area contributed by atoms with Gasteiger partial charge in [-0.2, -0.15) is 4.31 Å². The molecule has 1 fully saturated rings. The van der Waals surface area contributed by atoms with E-state index in [0.717, 1.165) is 11.3 Å². The number of carbonyl (C=O) groups is 1. The SMILES string of the molecule is CCc1ccc(S(=O)(=O)N2CCC[C@@H]2C(N)=O)s1. The summed E-state index contributed by atoms with van der Waals surface area (Å²) in [6.45, 7) is 2.35. The van der Waals surface area contributed by atoms with Crippen LogP contribution in [0.3, 0.4) is 0 Å². The summed E-state index contributed by atoms with van der Waals surface area (Å²) in [5.41, 5.74) is 5.25. The highest BCUT2D eigenvalue weighted by molar-refractivity contribution is 7.91. The molecule has 1 aromatic heterocycles. The van der Waals surface area contributed by atoms with Crippen LogP contribution in [0.2, 0.25) is 0 Å². The molecule has 0 unspecified atom stereocenters. The van der Waals surface area contributed by atoms with Crippen LogP contribution < -0.4 is 5.73 Å². The normalized spacial score (nSPS) is 21.3. The number of nitrogens with two attached hydrogens (primary N) is 1. The lowest BCUT2D eigenvalue weighted by atomic mass is 10.2. The highest BCUT2D eigenvalue weighted by atomic mass is 32.2. The monoisotopic (exact) mass is 288 g/mol. The highest BCUT2D eigenvalue weighted by Gasteiger charge is 2.38. The number of carbonyl (C=O) groups excluding carboxylic acids is 1. The van der Waals surface area contributed by atoms with Crippen LogP contribution in [0.15, 0.2) is 16.3 Å². The Balaban J connectivity index is 2.33. The van der Waals surface area contributed by atoms with Crippen LogP contribution in [-0.4, -0.2) is 31.2 Å². The number of sulfonamides is 1. The number of primary amides is 1. The first-order chi connectivity index (χ1) is 8.46. The second-order valence-corrected chi connectivity index (χ2v) is 7.54. The van der Waals surface area contributed by atoms with Gasteiger partial charge < -0.3 is 5.73 Å². The van der Waals surface area contributed by atoms with Gasteiger partial charge in [0.15, 0.2) is 0 Å². The first-order valence-electron chi connectivity index (χ1n) is 5.86. The van der Waals surface area contributed by atoms with Gasteiger partial charge in [0.05, 0.1) is 0 Å². The summed E-state index contributed by atoms with van der Waals surface area (Å²) in [7, 11) is -3.57. The standard InChI is InChI=1S/C11H16N2O3S2/c1-2-8-5-6-10(17-8)18(15,16)13-7-3-4-9(13)11(12)14/h5-6,9H,2-4,7H2,1H3,(H2,12,14)/t9-/m1/s1. The maximum Gasteiger partial charge on any atom is 0.253 e. The van der Waals surface area contributed by atoms with Gasteiger partial charge in [0, 0.05) is 11.4 Å². The number of thiophene rings is 1. The van der Waals surface area contributed by atoms with Crippen molar-refractivity contribution in [2.45, 2.75) is 36.4 Å². The molecule has 2 N–H and O–H groups in total. The van der Waals surface area contributed by atoms with Crippen molar-refractivity contribution in [3.63, 3.8) is 0 Å². The van der Waals surface area contributed by atoms with Gasteiger partial charge in [0.25, 0.3) is 10.0 Å². The molecule has 1 aliphatic heterocycles. The van der Waals surface area contributed by atoms with E-state index in [1.807, 2.05) is 13.0 Å². The van der Waals surface area contributed by atoms with Crippen molar-refractivity contribution in [1.29, 1.82) is 0 Å². The van der Waals surface area contributed by atoms with E-state index in [1.54, 1.807) is 6.07 Å². The molecule has 0 radical (unpaired) electrons. The van der Waals surface area contributed by atoms with Crippen LogP contribution in [0, 0.1) is 0 Å². The summed E-state index contributed by atoms with van der Waals surface area (Å²) in [6, 6.07) is 2.73. The summed E-state index contributed by atoms with van der Waals surface area (Å²) in [5.74, 6) is -0.566. The van der Waals surface area contributed by atoms with E-state index in [1.165, 1.54) is 15.6 Å². The lowest BCUT2D eigenvalue weighted by molar-refractivity contribution is -0.121. The molecule has 1 atom stereocenters. The Morgan fingerprint density at radius 1 is 1.56 bits per heavy atom. The Bertz CT molecular complexity index is 550. The minimum atomic E-state index is -3.57. The summed E-state index contributed by atoms with van der Waals surface area (Å²) in [4.78, 5) is 12.3. The molecular weight excluding hydrogens is 272 g/mol. The second-order valence-electron chi connectivity index (χ2n) is 4.25. The van der Waals surface area contributed by atoms with Gasteiger partial charge in [0.1, 0.15) is 10.3 Å². The fraction of sp³-hybridized carbons (Fsp3) is 0.545. The fourth-order valence-electron chi connectivity index (χ4n) is 2.11. The Morgan fingerprint density at radius 3 is 2.83 bits per heavy atom. The van der Waals surface area contributed by atoms with Crippen molar-refractivity contribution >= 4 is 27.3 Å². The minimum absolute atomic E-state index is 0.299. The van der Waals surface area contributed by atoms with Crippen LogP contribution in [0.25, 0.3) is 0 Å². The molecule has 1 aliphatic rings. The maximum atomic E-state index is 12.4. The zero-order valence-electron chi connectivity index (χ0n) is 10.1. The second kappa shape index (κ2) is 4.99. The molecule has 1 saturated heterocycles. The van der Waals surface area contributed by atoms with Crippen LogP contribution in [0.5, 0.6) is 0 Å². The minimum Gasteiger partial charge on any atom is -0.368 e. The van der Waals surface area contributed by atoms with Crippen molar-refractivity contribution in [1.82, 2.24) is 4.31 Å². The van der Waals surface area contributed by atoms with Crippen LogP contribution in [0.4, 0.5) is 0 Å². The number of hydrogen-bond donors (Lipinski definition) is 1. The van der Waals surface area contributed by atoms with E-state index in [0.29, 0.717) is 23.6 Å². The molecule has 0 spiro atoms. The molecule has 1 aromatic rings. The van der Waals surface area contributed by atoms with E-state index in [2.05, 4.69) is 0 Å². The quantitative estimate of drug-likeness (QED) is 0.895. The van der Waals surface area contributed by atoms with E-state index < -0.39 is 22.0 Å². The largest absolute Gasteiger partial charge is 0.368 e. The van der Waals surface area contributed by atoms with Gasteiger partial charge >= 0.3 is 0 Å². The van der Waals surface area contributed by atoms with Gasteiger partial charge in [-0.25, -0.2) is 8.42 Å². The topological polar surface area (TPSA) is 80.5 Å². The summed E-state index contributed by atoms with van der Waals surface area (Å²) >= 11 is 1.26. The third-order valence-electron chi connectivity index (χ3n) is 3.08. The molecule has 0 aromatic carbocycles. The molecule has 0 bridgehead atoms. The third kappa shape index (κ3) is 2.30. The number of nitrogens with zero attached hydrogens (tertiary/aromatic N) is 1. The zero-order chi connectivity index (χ0) is 13.3. The Hall–Kier alpha value is -0.920. The summed E-state index contributed by atoms with van der Waals surface area (Å²) < 4.78 is 26.3. The van der Waals surface area contributed by atoms with Gasteiger partial charge in [-0.05, 0) is 31.4 Å². The number of hydrogen-bond acceptors (Lipinski definition) is 4. The van der Waals surface area contributed by atoms with Gasteiger partial charge in [-0.3, -0.25) is 4.79 Å². The highest BCUT2D eigenvalue weighted by Crippen LogP contribution is 2.30. The van der Waals surface area contributed by atoms with Crippen molar-refractivity contribution in [2.24, 2.45) is 5.73 Å².